The maximum absolute atomic E-state index is 12.1. The quantitative estimate of drug-likeness (QED) is 0.715. The molecule has 2 N–H and O–H groups in total. The Morgan fingerprint density at radius 3 is 2.94 bits per heavy atom. The highest BCUT2D eigenvalue weighted by molar-refractivity contribution is 5.83. The third-order valence-electron chi connectivity index (χ3n) is 4.12. The molecule has 5 heteroatoms. The normalized spacial score (nSPS) is 31.8. The molecule has 0 aromatic heterocycles. The van der Waals surface area contributed by atoms with Gasteiger partial charge in [0.15, 0.2) is 0 Å². The number of nitrogens with one attached hydrogen (secondary N) is 2. The summed E-state index contributed by atoms with van der Waals surface area (Å²) in [5, 5.41) is 6.20. The lowest BCUT2D eigenvalue weighted by molar-refractivity contribution is -0.141. The molecule has 4 unspecified atom stereocenters. The molecule has 2 rings (SSSR count). The van der Waals surface area contributed by atoms with Crippen molar-refractivity contribution in [3.63, 3.8) is 0 Å². The van der Waals surface area contributed by atoms with E-state index in [0.29, 0.717) is 11.8 Å². The van der Waals surface area contributed by atoms with Crippen LogP contribution in [0.15, 0.2) is 0 Å². The van der Waals surface area contributed by atoms with E-state index in [4.69, 9.17) is 0 Å². The van der Waals surface area contributed by atoms with E-state index in [1.54, 1.807) is 0 Å². The zero-order chi connectivity index (χ0) is 13.1. The summed E-state index contributed by atoms with van der Waals surface area (Å²) in [6, 6.07) is -0.246. The Morgan fingerprint density at radius 1 is 1.44 bits per heavy atom. The second-order valence-electron chi connectivity index (χ2n) is 5.43. The van der Waals surface area contributed by atoms with E-state index in [1.807, 2.05) is 6.92 Å². The third-order valence-corrected chi connectivity index (χ3v) is 4.12. The van der Waals surface area contributed by atoms with Gasteiger partial charge in [-0.1, -0.05) is 6.42 Å². The van der Waals surface area contributed by atoms with Crippen molar-refractivity contribution in [2.45, 2.75) is 44.7 Å². The first kappa shape index (κ1) is 13.3. The lowest BCUT2D eigenvalue weighted by Gasteiger charge is -2.20. The lowest BCUT2D eigenvalue weighted by atomic mass is 9.93. The number of carbonyl (C=O) groups excluding carboxylic acids is 2. The fraction of sp³-hybridized carbons (Fsp3) is 0.846. The molecular formula is C13H22N2O3. The highest BCUT2D eigenvalue weighted by Crippen LogP contribution is 2.37. The molecule has 0 aromatic rings. The molecule has 1 aliphatic carbocycles. The fourth-order valence-electron chi connectivity index (χ4n) is 3.19. The van der Waals surface area contributed by atoms with Crippen molar-refractivity contribution >= 4 is 11.9 Å². The number of hydrogen-bond acceptors (Lipinski definition) is 4. The van der Waals surface area contributed by atoms with Crippen LogP contribution in [-0.2, 0) is 14.3 Å². The number of carbonyl (C=O) groups is 2. The van der Waals surface area contributed by atoms with Gasteiger partial charge in [-0.05, 0) is 38.1 Å². The Kier molecular flexibility index (Phi) is 4.22. The van der Waals surface area contributed by atoms with Crippen molar-refractivity contribution in [3.8, 4) is 0 Å². The number of rotatable bonds is 4. The van der Waals surface area contributed by atoms with E-state index in [0.717, 1.165) is 13.0 Å². The summed E-state index contributed by atoms with van der Waals surface area (Å²) in [4.78, 5) is 23.3. The molecule has 5 nitrogen and oxygen atoms in total. The van der Waals surface area contributed by atoms with E-state index in [1.165, 1.54) is 20.0 Å². The molecule has 4 atom stereocenters. The van der Waals surface area contributed by atoms with Gasteiger partial charge in [-0.2, -0.15) is 0 Å². The maximum Gasteiger partial charge on any atom is 0.307 e. The van der Waals surface area contributed by atoms with Gasteiger partial charge in [-0.15, -0.1) is 0 Å². The first-order valence-electron chi connectivity index (χ1n) is 6.72. The highest BCUT2D eigenvalue weighted by Gasteiger charge is 2.42. The molecule has 1 heterocycles. The summed E-state index contributed by atoms with van der Waals surface area (Å²) < 4.78 is 4.59. The minimum absolute atomic E-state index is 0.0285. The molecule has 1 saturated heterocycles. The van der Waals surface area contributed by atoms with Crippen molar-refractivity contribution in [2.24, 2.45) is 11.8 Å². The molecule has 0 spiro atoms. The Balaban J connectivity index is 1.82. The van der Waals surface area contributed by atoms with Gasteiger partial charge in [0.25, 0.3) is 0 Å². The van der Waals surface area contributed by atoms with Crippen molar-refractivity contribution in [2.75, 3.05) is 13.7 Å². The highest BCUT2D eigenvalue weighted by atomic mass is 16.5. The molecule has 1 amide bonds. The van der Waals surface area contributed by atoms with Crippen LogP contribution in [-0.4, -0.2) is 37.6 Å². The van der Waals surface area contributed by atoms with Crippen LogP contribution in [0.3, 0.4) is 0 Å². The van der Waals surface area contributed by atoms with Crippen molar-refractivity contribution in [1.82, 2.24) is 10.6 Å². The molecule has 2 aliphatic rings. The van der Waals surface area contributed by atoms with Crippen LogP contribution in [0.25, 0.3) is 0 Å². The molecule has 0 radical (unpaired) electrons. The first-order chi connectivity index (χ1) is 8.61. The number of amides is 1. The van der Waals surface area contributed by atoms with Crippen molar-refractivity contribution < 1.29 is 14.3 Å². The van der Waals surface area contributed by atoms with Crippen LogP contribution in [0.1, 0.15) is 32.6 Å². The summed E-state index contributed by atoms with van der Waals surface area (Å²) in [6.07, 6.45) is 3.84. The van der Waals surface area contributed by atoms with Gasteiger partial charge in [0.05, 0.1) is 19.6 Å². The molecule has 0 bridgehead atoms. The largest absolute Gasteiger partial charge is 0.469 e. The van der Waals surface area contributed by atoms with Crippen LogP contribution < -0.4 is 10.6 Å². The zero-order valence-electron chi connectivity index (χ0n) is 11.1. The van der Waals surface area contributed by atoms with Crippen LogP contribution in [0.4, 0.5) is 0 Å². The number of methoxy groups -OCH3 is 1. The van der Waals surface area contributed by atoms with Crippen LogP contribution in [0.5, 0.6) is 0 Å². The van der Waals surface area contributed by atoms with Crippen LogP contribution in [0.2, 0.25) is 0 Å². The monoisotopic (exact) mass is 254 g/mol. The van der Waals surface area contributed by atoms with E-state index in [9.17, 15) is 9.59 Å². The minimum Gasteiger partial charge on any atom is -0.469 e. The molecule has 102 valence electrons. The third kappa shape index (κ3) is 2.83. The number of fused-ring (bicyclic) bond motifs is 1. The van der Waals surface area contributed by atoms with Gasteiger partial charge in [-0.25, -0.2) is 0 Å². The minimum atomic E-state index is -0.291. The molecule has 18 heavy (non-hydrogen) atoms. The SMILES string of the molecule is COC(=O)CC(C)NC(=O)C1NCC2CCCC21. The van der Waals surface area contributed by atoms with Gasteiger partial charge in [-0.3, -0.25) is 9.59 Å². The van der Waals surface area contributed by atoms with Gasteiger partial charge in [0, 0.05) is 6.04 Å². The Morgan fingerprint density at radius 2 is 2.22 bits per heavy atom. The van der Waals surface area contributed by atoms with Crippen LogP contribution >= 0.6 is 0 Å². The Bertz CT molecular complexity index is 332. The van der Waals surface area contributed by atoms with E-state index in [-0.39, 0.29) is 30.4 Å². The fourth-order valence-corrected chi connectivity index (χ4v) is 3.19. The molecule has 1 aliphatic heterocycles. The molecule has 2 fully saturated rings. The van der Waals surface area contributed by atoms with Crippen molar-refractivity contribution in [1.29, 1.82) is 0 Å². The van der Waals surface area contributed by atoms with E-state index >= 15 is 0 Å². The maximum atomic E-state index is 12.1. The lowest BCUT2D eigenvalue weighted by Crippen LogP contribution is -2.47. The Hall–Kier alpha value is -1.10. The predicted molar refractivity (Wildman–Crippen MR) is 66.9 cm³/mol. The summed E-state index contributed by atoms with van der Waals surface area (Å²) in [5.74, 6) is 0.883. The predicted octanol–water partition coefficient (Wildman–Crippen LogP) is 0.442. The Labute approximate surface area is 108 Å². The van der Waals surface area contributed by atoms with Gasteiger partial charge >= 0.3 is 5.97 Å². The summed E-state index contributed by atoms with van der Waals surface area (Å²) in [6.45, 7) is 2.78. The van der Waals surface area contributed by atoms with E-state index in [2.05, 4.69) is 15.4 Å². The molecular weight excluding hydrogens is 232 g/mol. The second-order valence-corrected chi connectivity index (χ2v) is 5.43. The van der Waals surface area contributed by atoms with Gasteiger partial charge in [0.2, 0.25) is 5.91 Å². The van der Waals surface area contributed by atoms with E-state index < -0.39 is 0 Å². The number of hydrogen-bond donors (Lipinski definition) is 2. The van der Waals surface area contributed by atoms with Crippen molar-refractivity contribution in [3.05, 3.63) is 0 Å². The van der Waals surface area contributed by atoms with Crippen LogP contribution in [0, 0.1) is 11.8 Å². The summed E-state index contributed by atoms with van der Waals surface area (Å²) in [7, 11) is 1.36. The summed E-state index contributed by atoms with van der Waals surface area (Å²) in [5.41, 5.74) is 0. The number of esters is 1. The van der Waals surface area contributed by atoms with Gasteiger partial charge < -0.3 is 15.4 Å². The smallest absolute Gasteiger partial charge is 0.307 e. The standard InChI is InChI=1S/C13H22N2O3/c1-8(6-11(16)18-2)15-13(17)12-10-5-3-4-9(10)7-14-12/h8-10,12,14H,3-7H2,1-2H3,(H,15,17). The molecule has 1 saturated carbocycles. The molecule has 0 aromatic carbocycles. The second kappa shape index (κ2) is 5.69. The topological polar surface area (TPSA) is 67.4 Å². The number of ether oxygens (including phenoxy) is 1. The zero-order valence-corrected chi connectivity index (χ0v) is 11.1. The average Bonchev–Trinajstić information content (AvgIpc) is 2.89. The summed E-state index contributed by atoms with van der Waals surface area (Å²) >= 11 is 0. The first-order valence-corrected chi connectivity index (χ1v) is 6.72. The van der Waals surface area contributed by atoms with Gasteiger partial charge in [0.1, 0.15) is 0 Å². The average molecular weight is 254 g/mol.